The van der Waals surface area contributed by atoms with Crippen LogP contribution in [0.3, 0.4) is 0 Å². The van der Waals surface area contributed by atoms with Crippen molar-refractivity contribution in [3.63, 3.8) is 0 Å². The molecule has 1 aliphatic rings. The highest BCUT2D eigenvalue weighted by Crippen LogP contribution is 2.27. The lowest BCUT2D eigenvalue weighted by molar-refractivity contribution is 0.643. The number of halogens is 2. The van der Waals surface area contributed by atoms with Gasteiger partial charge in [-0.1, -0.05) is 11.6 Å². The molecule has 12 heavy (non-hydrogen) atoms. The molecule has 1 aromatic rings. The zero-order valence-corrected chi connectivity index (χ0v) is 8.87. The molecule has 1 nitrogen and oxygen atoms in total. The van der Waals surface area contributed by atoms with Crippen LogP contribution in [0.15, 0.2) is 16.6 Å². The van der Waals surface area contributed by atoms with Crippen LogP contribution >= 0.6 is 27.5 Å². The van der Waals surface area contributed by atoms with Crippen molar-refractivity contribution in [3.05, 3.63) is 32.8 Å². The Bertz CT molecular complexity index is 281. The fourth-order valence-corrected chi connectivity index (χ4v) is 2.05. The molecule has 64 valence electrons. The summed E-state index contributed by atoms with van der Waals surface area (Å²) in [5.41, 5.74) is 2.74. The van der Waals surface area contributed by atoms with Gasteiger partial charge in [-0.3, -0.25) is 0 Å². The molecule has 1 N–H and O–H groups in total. The Labute approximate surface area is 85.2 Å². The van der Waals surface area contributed by atoms with Crippen LogP contribution in [0.1, 0.15) is 11.1 Å². The summed E-state index contributed by atoms with van der Waals surface area (Å²) in [6.07, 6.45) is 1.10. The van der Waals surface area contributed by atoms with Crippen LogP contribution in [0, 0.1) is 0 Å². The third kappa shape index (κ3) is 1.51. The first-order valence-corrected chi connectivity index (χ1v) is 5.12. The van der Waals surface area contributed by atoms with Crippen molar-refractivity contribution in [2.24, 2.45) is 0 Å². The minimum Gasteiger partial charge on any atom is -0.312 e. The lowest BCUT2D eigenvalue weighted by atomic mass is 10.0. The molecule has 0 aliphatic carbocycles. The van der Waals surface area contributed by atoms with Gasteiger partial charge in [-0.2, -0.15) is 0 Å². The van der Waals surface area contributed by atoms with Crippen LogP contribution in [0.25, 0.3) is 0 Å². The van der Waals surface area contributed by atoms with Gasteiger partial charge in [-0.25, -0.2) is 0 Å². The van der Waals surface area contributed by atoms with Gasteiger partial charge in [0.25, 0.3) is 0 Å². The number of nitrogens with one attached hydrogen (secondary N) is 1. The third-order valence-electron chi connectivity index (χ3n) is 2.13. The predicted molar refractivity (Wildman–Crippen MR) is 54.6 cm³/mol. The zero-order chi connectivity index (χ0) is 8.55. The van der Waals surface area contributed by atoms with Crippen molar-refractivity contribution in [1.29, 1.82) is 0 Å². The number of rotatable bonds is 0. The van der Waals surface area contributed by atoms with Gasteiger partial charge in [0.05, 0.1) is 5.02 Å². The van der Waals surface area contributed by atoms with Crippen LogP contribution in [0.2, 0.25) is 5.02 Å². The molecule has 0 unspecified atom stereocenters. The summed E-state index contributed by atoms with van der Waals surface area (Å²) >= 11 is 9.39. The van der Waals surface area contributed by atoms with Gasteiger partial charge >= 0.3 is 0 Å². The molecular weight excluding hydrogens is 237 g/mol. The summed E-state index contributed by atoms with van der Waals surface area (Å²) in [6.45, 7) is 2.02. The highest BCUT2D eigenvalue weighted by Gasteiger charge is 2.10. The molecule has 3 heteroatoms. The molecule has 2 rings (SSSR count). The van der Waals surface area contributed by atoms with E-state index >= 15 is 0 Å². The maximum atomic E-state index is 5.97. The Morgan fingerprint density at radius 1 is 1.33 bits per heavy atom. The summed E-state index contributed by atoms with van der Waals surface area (Å²) in [5.74, 6) is 0. The number of hydrogen-bond acceptors (Lipinski definition) is 1. The topological polar surface area (TPSA) is 12.0 Å². The van der Waals surface area contributed by atoms with E-state index in [2.05, 4.69) is 27.3 Å². The van der Waals surface area contributed by atoms with E-state index in [1.54, 1.807) is 0 Å². The Balaban J connectivity index is 2.49. The lowest BCUT2D eigenvalue weighted by Crippen LogP contribution is -2.23. The van der Waals surface area contributed by atoms with Gasteiger partial charge in [0, 0.05) is 11.0 Å². The molecule has 0 radical (unpaired) electrons. The average Bonchev–Trinajstić information content (AvgIpc) is 2.07. The van der Waals surface area contributed by atoms with E-state index in [0.29, 0.717) is 0 Å². The molecule has 0 amide bonds. The first kappa shape index (κ1) is 8.54. The highest BCUT2D eigenvalue weighted by atomic mass is 79.9. The van der Waals surface area contributed by atoms with Crippen LogP contribution < -0.4 is 5.32 Å². The van der Waals surface area contributed by atoms with Crippen LogP contribution in [0.5, 0.6) is 0 Å². The molecule has 0 bridgehead atoms. The summed E-state index contributed by atoms with van der Waals surface area (Å²) in [5, 5.41) is 4.12. The standard InChI is InChI=1S/C9H9BrClN/c10-8-3-6-1-2-12-5-7(6)4-9(8)11/h3-4,12H,1-2,5H2. The molecule has 0 aromatic heterocycles. The van der Waals surface area contributed by atoms with Crippen molar-refractivity contribution in [2.45, 2.75) is 13.0 Å². The van der Waals surface area contributed by atoms with E-state index in [9.17, 15) is 0 Å². The van der Waals surface area contributed by atoms with E-state index in [-0.39, 0.29) is 0 Å². The maximum absolute atomic E-state index is 5.97. The van der Waals surface area contributed by atoms with Crippen molar-refractivity contribution >= 4 is 27.5 Å². The van der Waals surface area contributed by atoms with Crippen LogP contribution in [-0.4, -0.2) is 6.54 Å². The van der Waals surface area contributed by atoms with Crippen LogP contribution in [-0.2, 0) is 13.0 Å². The largest absolute Gasteiger partial charge is 0.312 e. The van der Waals surface area contributed by atoms with E-state index in [0.717, 1.165) is 29.0 Å². The third-order valence-corrected chi connectivity index (χ3v) is 3.33. The van der Waals surface area contributed by atoms with Gasteiger partial charge in [0.2, 0.25) is 0 Å². The molecule has 1 aromatic carbocycles. The smallest absolute Gasteiger partial charge is 0.0551 e. The minimum atomic E-state index is 0.803. The highest BCUT2D eigenvalue weighted by molar-refractivity contribution is 9.10. The predicted octanol–water partition coefficient (Wildman–Crippen LogP) is 2.75. The van der Waals surface area contributed by atoms with E-state index < -0.39 is 0 Å². The number of benzene rings is 1. The minimum absolute atomic E-state index is 0.803. The Kier molecular flexibility index (Phi) is 2.40. The molecule has 1 aliphatic heterocycles. The summed E-state index contributed by atoms with van der Waals surface area (Å²) in [6, 6.07) is 4.16. The second-order valence-electron chi connectivity index (χ2n) is 2.96. The van der Waals surface area contributed by atoms with Gasteiger partial charge in [0.1, 0.15) is 0 Å². The zero-order valence-electron chi connectivity index (χ0n) is 6.53. The quantitative estimate of drug-likeness (QED) is 0.742. The fraction of sp³-hybridized carbons (Fsp3) is 0.333. The van der Waals surface area contributed by atoms with Crippen molar-refractivity contribution in [2.75, 3.05) is 6.54 Å². The first-order valence-electron chi connectivity index (χ1n) is 3.95. The molecule has 0 fully saturated rings. The molecule has 0 spiro atoms. The molecule has 0 saturated heterocycles. The lowest BCUT2D eigenvalue weighted by Gasteiger charge is -2.17. The number of fused-ring (bicyclic) bond motifs is 1. The molecular formula is C9H9BrClN. The Morgan fingerprint density at radius 3 is 3.00 bits per heavy atom. The average molecular weight is 247 g/mol. The Hall–Kier alpha value is -0.0500. The normalized spacial score (nSPS) is 15.8. The molecule has 0 atom stereocenters. The number of hydrogen-bond donors (Lipinski definition) is 1. The van der Waals surface area contributed by atoms with Crippen LogP contribution in [0.4, 0.5) is 0 Å². The second-order valence-corrected chi connectivity index (χ2v) is 4.22. The van der Waals surface area contributed by atoms with E-state index in [1.807, 2.05) is 6.07 Å². The van der Waals surface area contributed by atoms with Crippen molar-refractivity contribution < 1.29 is 0 Å². The van der Waals surface area contributed by atoms with E-state index in [4.69, 9.17) is 11.6 Å². The SMILES string of the molecule is Clc1cc2c(cc1Br)CCNC2. The van der Waals surface area contributed by atoms with Gasteiger partial charge in [-0.05, 0) is 52.2 Å². The summed E-state index contributed by atoms with van der Waals surface area (Å²) in [7, 11) is 0. The van der Waals surface area contributed by atoms with Gasteiger partial charge in [-0.15, -0.1) is 0 Å². The first-order chi connectivity index (χ1) is 5.77. The van der Waals surface area contributed by atoms with Crippen molar-refractivity contribution in [1.82, 2.24) is 5.32 Å². The van der Waals surface area contributed by atoms with E-state index in [1.165, 1.54) is 11.1 Å². The maximum Gasteiger partial charge on any atom is 0.0551 e. The van der Waals surface area contributed by atoms with Gasteiger partial charge < -0.3 is 5.32 Å². The Morgan fingerprint density at radius 2 is 2.17 bits per heavy atom. The monoisotopic (exact) mass is 245 g/mol. The van der Waals surface area contributed by atoms with Crippen molar-refractivity contribution in [3.8, 4) is 0 Å². The summed E-state index contributed by atoms with van der Waals surface area (Å²) in [4.78, 5) is 0. The second kappa shape index (κ2) is 3.36. The fourth-order valence-electron chi connectivity index (χ4n) is 1.47. The van der Waals surface area contributed by atoms with Gasteiger partial charge in [0.15, 0.2) is 0 Å². The molecule has 1 heterocycles. The molecule has 0 saturated carbocycles. The summed E-state index contributed by atoms with van der Waals surface area (Å²) < 4.78 is 1.00.